The zero-order chi connectivity index (χ0) is 18.5. The van der Waals surface area contributed by atoms with Gasteiger partial charge >= 0.3 is 12.1 Å². The van der Waals surface area contributed by atoms with Gasteiger partial charge in [-0.2, -0.15) is 0 Å². The van der Waals surface area contributed by atoms with Crippen LogP contribution in [-0.4, -0.2) is 43.7 Å². The number of hydrogen-bond acceptors (Lipinski definition) is 7. The second kappa shape index (κ2) is 8.34. The van der Waals surface area contributed by atoms with Crippen molar-refractivity contribution in [1.82, 2.24) is 10.8 Å². The van der Waals surface area contributed by atoms with Crippen LogP contribution in [0.15, 0.2) is 11.3 Å². The van der Waals surface area contributed by atoms with E-state index >= 15 is 0 Å². The Labute approximate surface area is 142 Å². The molecule has 1 aliphatic heterocycles. The lowest BCUT2D eigenvalue weighted by molar-refractivity contribution is -0.166. The van der Waals surface area contributed by atoms with Crippen LogP contribution in [0.3, 0.4) is 0 Å². The molecule has 1 amide bonds. The number of carbonyl (C=O) groups excluding carboxylic acids is 2. The predicted molar refractivity (Wildman–Crippen MR) is 86.7 cm³/mol. The molecule has 1 heterocycles. The van der Waals surface area contributed by atoms with Gasteiger partial charge in [-0.05, 0) is 39.2 Å². The lowest BCUT2D eigenvalue weighted by Crippen LogP contribution is -2.45. The van der Waals surface area contributed by atoms with E-state index in [0.717, 1.165) is 0 Å². The summed E-state index contributed by atoms with van der Waals surface area (Å²) in [5, 5.41) is 2.81. The minimum absolute atomic E-state index is 0.0484. The van der Waals surface area contributed by atoms with Gasteiger partial charge in [-0.1, -0.05) is 13.8 Å². The Bertz CT molecular complexity index is 495. The molecule has 8 heteroatoms. The number of hydrogen-bond donors (Lipinski definition) is 2. The molecule has 0 aliphatic carbocycles. The Morgan fingerprint density at radius 3 is 2.46 bits per heavy atom. The minimum atomic E-state index is -0.878. The summed E-state index contributed by atoms with van der Waals surface area (Å²) in [6.45, 7) is 10.9. The van der Waals surface area contributed by atoms with Crippen molar-refractivity contribution in [3.05, 3.63) is 11.3 Å². The van der Waals surface area contributed by atoms with Crippen molar-refractivity contribution in [2.45, 2.75) is 59.3 Å². The van der Waals surface area contributed by atoms with Crippen LogP contribution < -0.4 is 10.8 Å². The summed E-state index contributed by atoms with van der Waals surface area (Å²) in [5.41, 5.74) is 3.40. The smallest absolute Gasteiger partial charge is 0.408 e. The number of methoxy groups -OCH3 is 1. The molecule has 8 nitrogen and oxygen atoms in total. The summed E-state index contributed by atoms with van der Waals surface area (Å²) >= 11 is 0. The number of amides is 1. The molecule has 0 bridgehead atoms. The van der Waals surface area contributed by atoms with Crippen LogP contribution in [0, 0.1) is 5.92 Å². The summed E-state index contributed by atoms with van der Waals surface area (Å²) in [7, 11) is 1.43. The lowest BCUT2D eigenvalue weighted by atomic mass is 9.97. The zero-order valence-corrected chi connectivity index (χ0v) is 15.4. The molecule has 0 aromatic rings. The molecule has 0 saturated heterocycles. The monoisotopic (exact) mass is 344 g/mol. The molecule has 1 unspecified atom stereocenters. The topological polar surface area (TPSA) is 95.1 Å². The van der Waals surface area contributed by atoms with E-state index in [2.05, 4.69) is 10.8 Å². The summed E-state index contributed by atoms with van der Waals surface area (Å²) in [6.07, 6.45) is -1.41. The van der Waals surface area contributed by atoms with Crippen molar-refractivity contribution >= 4 is 12.1 Å². The average Bonchev–Trinajstić information content (AvgIpc) is 2.81. The van der Waals surface area contributed by atoms with E-state index in [4.69, 9.17) is 19.0 Å². The van der Waals surface area contributed by atoms with Gasteiger partial charge in [0.1, 0.15) is 5.60 Å². The molecule has 138 valence electrons. The maximum absolute atomic E-state index is 12.1. The van der Waals surface area contributed by atoms with Gasteiger partial charge in [0.15, 0.2) is 6.79 Å². The first-order chi connectivity index (χ1) is 11.1. The third kappa shape index (κ3) is 5.68. The van der Waals surface area contributed by atoms with Crippen LogP contribution in [0.5, 0.6) is 0 Å². The molecule has 0 aromatic carbocycles. The maximum atomic E-state index is 12.1. The molecule has 2 N–H and O–H groups in total. The van der Waals surface area contributed by atoms with E-state index in [1.165, 1.54) is 7.11 Å². The van der Waals surface area contributed by atoms with E-state index in [1.54, 1.807) is 27.7 Å². The van der Waals surface area contributed by atoms with Gasteiger partial charge < -0.3 is 19.5 Å². The Hall–Kier alpha value is -1.80. The van der Waals surface area contributed by atoms with Gasteiger partial charge in [0.2, 0.25) is 6.10 Å². The number of ether oxygens (including phenoxy) is 3. The molecular formula is C16H28N2O6. The van der Waals surface area contributed by atoms with Crippen LogP contribution in [0.2, 0.25) is 0 Å². The SMILES string of the molecule is COCOC(=O)C1ONC([C@@H](NC(=O)OC(C)(C)C)C(C)C)=C1C. The van der Waals surface area contributed by atoms with Crippen molar-refractivity contribution in [1.29, 1.82) is 0 Å². The van der Waals surface area contributed by atoms with Crippen LogP contribution in [-0.2, 0) is 23.8 Å². The molecule has 1 rings (SSSR count). The summed E-state index contributed by atoms with van der Waals surface area (Å²) < 4.78 is 14.9. The molecule has 1 aliphatic rings. The fraction of sp³-hybridized carbons (Fsp3) is 0.750. The molecule has 2 atom stereocenters. The van der Waals surface area contributed by atoms with E-state index in [0.29, 0.717) is 11.3 Å². The van der Waals surface area contributed by atoms with E-state index < -0.39 is 23.8 Å². The highest BCUT2D eigenvalue weighted by molar-refractivity contribution is 5.79. The second-order valence-electron chi connectivity index (χ2n) is 6.93. The predicted octanol–water partition coefficient (Wildman–Crippen LogP) is 1.86. The summed E-state index contributed by atoms with van der Waals surface area (Å²) in [4.78, 5) is 29.3. The molecular weight excluding hydrogens is 316 g/mol. The van der Waals surface area contributed by atoms with Crippen LogP contribution in [0.4, 0.5) is 4.79 Å². The number of carbonyl (C=O) groups is 2. The first-order valence-electron chi connectivity index (χ1n) is 7.84. The molecule has 0 spiro atoms. The average molecular weight is 344 g/mol. The van der Waals surface area contributed by atoms with Crippen molar-refractivity contribution in [2.75, 3.05) is 13.9 Å². The largest absolute Gasteiger partial charge is 0.444 e. The van der Waals surface area contributed by atoms with Gasteiger partial charge in [0.05, 0.1) is 11.7 Å². The number of hydroxylamine groups is 1. The first kappa shape index (κ1) is 20.2. The van der Waals surface area contributed by atoms with Crippen LogP contribution in [0.1, 0.15) is 41.5 Å². The van der Waals surface area contributed by atoms with Gasteiger partial charge in [0.25, 0.3) is 0 Å². The van der Waals surface area contributed by atoms with Crippen molar-refractivity contribution < 1.29 is 28.6 Å². The first-order valence-corrected chi connectivity index (χ1v) is 7.84. The third-order valence-corrected chi connectivity index (χ3v) is 3.29. The van der Waals surface area contributed by atoms with Crippen molar-refractivity contribution in [3.8, 4) is 0 Å². The molecule has 24 heavy (non-hydrogen) atoms. The lowest BCUT2D eigenvalue weighted by Gasteiger charge is -2.26. The highest BCUT2D eigenvalue weighted by atomic mass is 16.7. The third-order valence-electron chi connectivity index (χ3n) is 3.29. The molecule has 0 fully saturated rings. The number of rotatable bonds is 6. The van der Waals surface area contributed by atoms with Gasteiger partial charge in [-0.25, -0.2) is 9.59 Å². The molecule has 0 aromatic heterocycles. The van der Waals surface area contributed by atoms with Gasteiger partial charge in [-0.15, -0.1) is 0 Å². The number of alkyl carbamates (subject to hydrolysis) is 1. The summed E-state index contributed by atoms with van der Waals surface area (Å²) in [5.74, 6) is -0.510. The van der Waals surface area contributed by atoms with Gasteiger partial charge in [0, 0.05) is 7.11 Å². The normalized spacial score (nSPS) is 19.1. The van der Waals surface area contributed by atoms with E-state index in [-0.39, 0.29) is 18.8 Å². The van der Waals surface area contributed by atoms with Crippen molar-refractivity contribution in [2.24, 2.45) is 5.92 Å². The Kier molecular flexibility index (Phi) is 7.04. The minimum Gasteiger partial charge on any atom is -0.444 e. The summed E-state index contributed by atoms with van der Waals surface area (Å²) in [6, 6.07) is -0.389. The van der Waals surface area contributed by atoms with Crippen LogP contribution >= 0.6 is 0 Å². The Morgan fingerprint density at radius 2 is 1.96 bits per heavy atom. The molecule has 0 radical (unpaired) electrons. The highest BCUT2D eigenvalue weighted by Gasteiger charge is 2.36. The standard InChI is InChI=1S/C16H28N2O6/c1-9(2)11(17-15(20)23-16(4,5)6)12-10(3)13(24-18-12)14(19)22-8-21-7/h9,11,13,18H,8H2,1-7H3,(H,17,20)/t11-,13?/m0/s1. The Balaban J connectivity index is 2.86. The van der Waals surface area contributed by atoms with Gasteiger partial charge in [-0.3, -0.25) is 10.3 Å². The quantitative estimate of drug-likeness (QED) is 0.561. The maximum Gasteiger partial charge on any atom is 0.408 e. The Morgan fingerprint density at radius 1 is 1.33 bits per heavy atom. The fourth-order valence-corrected chi connectivity index (χ4v) is 2.17. The second-order valence-corrected chi connectivity index (χ2v) is 6.93. The number of esters is 1. The van der Waals surface area contributed by atoms with E-state index in [9.17, 15) is 9.59 Å². The van der Waals surface area contributed by atoms with Crippen LogP contribution in [0.25, 0.3) is 0 Å². The van der Waals surface area contributed by atoms with E-state index in [1.807, 2.05) is 13.8 Å². The highest BCUT2D eigenvalue weighted by Crippen LogP contribution is 2.24. The molecule has 0 saturated carbocycles. The zero-order valence-electron chi connectivity index (χ0n) is 15.4. The fourth-order valence-electron chi connectivity index (χ4n) is 2.17. The number of nitrogens with one attached hydrogen (secondary N) is 2. The van der Waals surface area contributed by atoms with Crippen molar-refractivity contribution in [3.63, 3.8) is 0 Å².